The minimum absolute atomic E-state index is 0.0888. The van der Waals surface area contributed by atoms with Crippen molar-refractivity contribution in [3.05, 3.63) is 11.5 Å². The summed E-state index contributed by atoms with van der Waals surface area (Å²) >= 11 is 6.07. The van der Waals surface area contributed by atoms with Gasteiger partial charge in [-0.2, -0.15) is 9.97 Å². The van der Waals surface area contributed by atoms with E-state index in [1.165, 1.54) is 0 Å². The molecule has 0 aliphatic rings. The average Bonchev–Trinajstić information content (AvgIpc) is 2.87. The molecule has 0 aromatic carbocycles. The zero-order chi connectivity index (χ0) is 21.1. The molecule has 2 aromatic rings. The van der Waals surface area contributed by atoms with Crippen LogP contribution in [0.25, 0.3) is 11.2 Å². The molecule has 0 saturated heterocycles. The van der Waals surface area contributed by atoms with Crippen molar-refractivity contribution in [3.63, 3.8) is 0 Å². The Morgan fingerprint density at radius 3 is 2.39 bits per heavy atom. The third kappa shape index (κ3) is 6.39. The number of imidazole rings is 1. The maximum atomic E-state index is 12.9. The minimum atomic E-state index is -3.34. The van der Waals surface area contributed by atoms with Gasteiger partial charge in [-0.1, -0.05) is 25.4 Å². The van der Waals surface area contributed by atoms with E-state index in [0.717, 1.165) is 0 Å². The number of rotatable bonds is 10. The average molecular weight is 434 g/mol. The van der Waals surface area contributed by atoms with Crippen LogP contribution in [0.1, 0.15) is 41.5 Å². The first kappa shape index (κ1) is 23.0. The summed E-state index contributed by atoms with van der Waals surface area (Å²) in [6.07, 6.45) is 1.07. The summed E-state index contributed by atoms with van der Waals surface area (Å²) in [6.45, 7) is 12.1. The van der Waals surface area contributed by atoms with Gasteiger partial charge in [0.25, 0.3) is 0 Å². The molecule has 11 heteroatoms. The number of ether oxygens (including phenoxy) is 1. The highest BCUT2D eigenvalue weighted by molar-refractivity contribution is 7.53. The number of hydrogen-bond donors (Lipinski definition) is 1. The van der Waals surface area contributed by atoms with E-state index in [1.54, 1.807) is 6.33 Å². The molecule has 2 N–H and O–H groups in total. The van der Waals surface area contributed by atoms with E-state index in [-0.39, 0.29) is 35.1 Å². The lowest BCUT2D eigenvalue weighted by molar-refractivity contribution is 0.0542. The molecule has 0 aliphatic carbocycles. The molecular formula is C17H29ClN5O4P. The fourth-order valence-corrected chi connectivity index (χ4v) is 4.70. The predicted molar refractivity (Wildman–Crippen MR) is 109 cm³/mol. The Labute approximate surface area is 170 Å². The first-order valence-electron chi connectivity index (χ1n) is 9.08. The van der Waals surface area contributed by atoms with Crippen molar-refractivity contribution in [2.24, 2.45) is 5.41 Å². The van der Waals surface area contributed by atoms with Crippen molar-refractivity contribution in [3.8, 4) is 0 Å². The summed E-state index contributed by atoms with van der Waals surface area (Å²) in [5.41, 5.74) is 6.42. The Hall–Kier alpha value is -1.25. The molecular weight excluding hydrogens is 405 g/mol. The van der Waals surface area contributed by atoms with E-state index in [4.69, 9.17) is 31.1 Å². The largest absolute Gasteiger partial charge is 0.368 e. The Morgan fingerprint density at radius 1 is 1.21 bits per heavy atom. The van der Waals surface area contributed by atoms with E-state index < -0.39 is 7.60 Å². The molecule has 0 bridgehead atoms. The predicted octanol–water partition coefficient (Wildman–Crippen LogP) is 4.11. The molecule has 0 fully saturated rings. The molecule has 0 unspecified atom stereocenters. The van der Waals surface area contributed by atoms with Gasteiger partial charge in [-0.15, -0.1) is 0 Å². The number of aromatic nitrogens is 4. The van der Waals surface area contributed by atoms with Crippen LogP contribution in [-0.2, 0) is 24.9 Å². The summed E-state index contributed by atoms with van der Waals surface area (Å²) in [5, 5.41) is 0.216. The Morgan fingerprint density at radius 2 is 1.82 bits per heavy atom. The Kier molecular flexibility index (Phi) is 7.44. The van der Waals surface area contributed by atoms with Crippen molar-refractivity contribution in [1.82, 2.24) is 19.5 Å². The highest BCUT2D eigenvalue weighted by atomic mass is 35.5. The molecule has 0 spiro atoms. The highest BCUT2D eigenvalue weighted by Crippen LogP contribution is 2.50. The van der Waals surface area contributed by atoms with Crippen LogP contribution >= 0.6 is 19.2 Å². The summed E-state index contributed by atoms with van der Waals surface area (Å²) < 4.78 is 31.4. The maximum Gasteiger partial charge on any atom is 0.356 e. The van der Waals surface area contributed by atoms with Crippen molar-refractivity contribution in [1.29, 1.82) is 0 Å². The quantitative estimate of drug-likeness (QED) is 0.439. The highest BCUT2D eigenvalue weighted by Gasteiger charge is 2.30. The van der Waals surface area contributed by atoms with Crippen LogP contribution in [0.3, 0.4) is 0 Å². The number of nitrogens with zero attached hydrogens (tertiary/aromatic N) is 4. The lowest BCUT2D eigenvalue weighted by Crippen LogP contribution is -2.26. The van der Waals surface area contributed by atoms with E-state index in [0.29, 0.717) is 24.3 Å². The van der Waals surface area contributed by atoms with Crippen LogP contribution in [0.15, 0.2) is 6.33 Å². The van der Waals surface area contributed by atoms with Crippen LogP contribution in [0.2, 0.25) is 5.15 Å². The van der Waals surface area contributed by atoms with Gasteiger partial charge < -0.3 is 24.1 Å². The van der Waals surface area contributed by atoms with E-state index in [1.807, 2.05) is 46.1 Å². The molecule has 0 amide bonds. The van der Waals surface area contributed by atoms with Crippen LogP contribution in [0.5, 0.6) is 0 Å². The maximum absolute atomic E-state index is 12.9. The van der Waals surface area contributed by atoms with Crippen LogP contribution in [0.4, 0.5) is 5.95 Å². The van der Waals surface area contributed by atoms with Crippen molar-refractivity contribution in [2.75, 3.05) is 18.7 Å². The number of nitrogen functional groups attached to an aromatic ring is 1. The van der Waals surface area contributed by atoms with Crippen LogP contribution in [-0.4, -0.2) is 44.7 Å². The molecule has 0 atom stereocenters. The smallest absolute Gasteiger partial charge is 0.356 e. The molecule has 2 rings (SSSR count). The zero-order valence-electron chi connectivity index (χ0n) is 17.2. The van der Waals surface area contributed by atoms with Gasteiger partial charge in [-0.25, -0.2) is 4.98 Å². The third-order valence-corrected chi connectivity index (χ3v) is 5.77. The number of nitrogens with two attached hydrogens (primary N) is 1. The summed E-state index contributed by atoms with van der Waals surface area (Å²) in [6, 6.07) is 0. The number of fused-ring (bicyclic) bond motifs is 1. The normalized spacial score (nSPS) is 13.2. The van der Waals surface area contributed by atoms with E-state index in [9.17, 15) is 4.57 Å². The topological polar surface area (TPSA) is 114 Å². The van der Waals surface area contributed by atoms with Gasteiger partial charge in [0.05, 0.1) is 25.1 Å². The SMILES string of the molecule is CC(C)OP(=O)(COCC(C)(C)Cn1cnc2c(Cl)nc(N)nc21)OC(C)C. The molecule has 2 aromatic heterocycles. The van der Waals surface area contributed by atoms with Crippen molar-refractivity contribution in [2.45, 2.75) is 60.3 Å². The summed E-state index contributed by atoms with van der Waals surface area (Å²) in [7, 11) is -3.34. The zero-order valence-corrected chi connectivity index (χ0v) is 18.8. The molecule has 0 aliphatic heterocycles. The molecule has 28 heavy (non-hydrogen) atoms. The standard InChI is InChI=1S/C17H29ClN5O4P/c1-11(2)26-28(24,27-12(3)4)10-25-8-17(5,6)7-23-9-20-13-14(18)21-16(19)22-15(13)23/h9,11-12H,7-8,10H2,1-6H3,(H2,19,21,22). The van der Waals surface area contributed by atoms with Gasteiger partial charge >= 0.3 is 7.60 Å². The molecule has 2 heterocycles. The van der Waals surface area contributed by atoms with Crippen molar-refractivity contribution >= 4 is 36.3 Å². The van der Waals surface area contributed by atoms with Gasteiger partial charge in [-0.05, 0) is 27.7 Å². The van der Waals surface area contributed by atoms with E-state index >= 15 is 0 Å². The summed E-state index contributed by atoms with van der Waals surface area (Å²) in [4.78, 5) is 12.4. The lowest BCUT2D eigenvalue weighted by Gasteiger charge is -2.27. The monoisotopic (exact) mass is 433 g/mol. The Bertz CT molecular complexity index is 841. The van der Waals surface area contributed by atoms with E-state index in [2.05, 4.69) is 15.0 Å². The number of anilines is 1. The fraction of sp³-hybridized carbons (Fsp3) is 0.706. The van der Waals surface area contributed by atoms with Crippen molar-refractivity contribution < 1.29 is 18.3 Å². The third-order valence-electron chi connectivity index (χ3n) is 3.52. The van der Waals surface area contributed by atoms with Gasteiger partial charge in [0.1, 0.15) is 11.9 Å². The number of halogens is 1. The Balaban J connectivity index is 2.05. The van der Waals surface area contributed by atoms with Gasteiger partial charge in [-0.3, -0.25) is 4.57 Å². The lowest BCUT2D eigenvalue weighted by atomic mass is 9.95. The molecule has 0 saturated carbocycles. The minimum Gasteiger partial charge on any atom is -0.368 e. The first-order valence-corrected chi connectivity index (χ1v) is 11.2. The number of hydrogen-bond acceptors (Lipinski definition) is 8. The van der Waals surface area contributed by atoms with Gasteiger partial charge in [0.2, 0.25) is 5.95 Å². The molecule has 0 radical (unpaired) electrons. The van der Waals surface area contributed by atoms with Crippen LogP contribution < -0.4 is 5.73 Å². The fourth-order valence-electron chi connectivity index (χ4n) is 2.71. The second kappa shape index (κ2) is 9.05. The molecule has 158 valence electrons. The molecule has 9 nitrogen and oxygen atoms in total. The second-order valence-electron chi connectivity index (χ2n) is 7.98. The summed E-state index contributed by atoms with van der Waals surface area (Å²) in [5.74, 6) is 0.0888. The van der Waals surface area contributed by atoms with Gasteiger partial charge in [0, 0.05) is 12.0 Å². The van der Waals surface area contributed by atoms with Crippen LogP contribution in [0, 0.1) is 5.41 Å². The first-order chi connectivity index (χ1) is 12.9. The van der Waals surface area contributed by atoms with Gasteiger partial charge in [0.15, 0.2) is 10.8 Å². The second-order valence-corrected chi connectivity index (χ2v) is 10.2.